The number of allylic oxidation sites excluding steroid dienone is 4. The molecule has 1 aliphatic heterocycles. The van der Waals surface area contributed by atoms with Crippen molar-refractivity contribution in [2.75, 3.05) is 0 Å². The van der Waals surface area contributed by atoms with Crippen LogP contribution in [0.25, 0.3) is 0 Å². The predicted octanol–water partition coefficient (Wildman–Crippen LogP) is 3.29. The number of ketones is 1. The van der Waals surface area contributed by atoms with E-state index in [1.165, 1.54) is 13.0 Å². The number of carbonyl (C=O) groups is 1. The largest absolute Gasteiger partial charge is 0.508 e. The van der Waals surface area contributed by atoms with Crippen molar-refractivity contribution in [2.45, 2.75) is 27.2 Å². The minimum Gasteiger partial charge on any atom is -0.508 e. The van der Waals surface area contributed by atoms with Crippen LogP contribution in [0.2, 0.25) is 0 Å². The van der Waals surface area contributed by atoms with Gasteiger partial charge in [-0.05, 0) is 12.0 Å². The maximum absolute atomic E-state index is 11.7. The highest BCUT2D eigenvalue weighted by atomic mass is 16.3. The van der Waals surface area contributed by atoms with E-state index >= 15 is 0 Å². The van der Waals surface area contributed by atoms with Gasteiger partial charge in [0.2, 0.25) is 0 Å². The molecule has 0 aromatic carbocycles. The zero-order valence-corrected chi connectivity index (χ0v) is 10.6. The van der Waals surface area contributed by atoms with Gasteiger partial charge in [0, 0.05) is 24.9 Å². The monoisotopic (exact) mass is 233 g/mol. The molecular weight excluding hydrogens is 214 g/mol. The molecule has 3 heteroatoms. The van der Waals surface area contributed by atoms with Crippen LogP contribution in [0.4, 0.5) is 0 Å². The van der Waals surface area contributed by atoms with Crippen molar-refractivity contribution in [1.29, 1.82) is 0 Å². The lowest BCUT2D eigenvalue weighted by molar-refractivity contribution is -0.114. The van der Waals surface area contributed by atoms with Crippen LogP contribution >= 0.6 is 0 Å². The molecule has 0 amide bonds. The number of aliphatic hydroxyl groups is 1. The van der Waals surface area contributed by atoms with E-state index in [1.807, 2.05) is 6.08 Å². The first-order valence-corrected chi connectivity index (χ1v) is 5.75. The van der Waals surface area contributed by atoms with Gasteiger partial charge < -0.3 is 10.0 Å². The Kier molecular flexibility index (Phi) is 4.32. The molecule has 1 aliphatic rings. The molecule has 0 aromatic rings. The quantitative estimate of drug-likeness (QED) is 0.757. The molecule has 0 spiro atoms. The number of aliphatic hydroxyl groups excluding tert-OH is 1. The van der Waals surface area contributed by atoms with Gasteiger partial charge in [0.25, 0.3) is 0 Å². The fraction of sp³-hybridized carbons (Fsp3) is 0.357. The molecule has 1 rings (SSSR count). The maximum Gasteiger partial charge on any atom is 0.176 e. The number of carbonyl (C=O) groups excluding carboxylic acids is 1. The number of nitrogens with zero attached hydrogens (tertiary/aromatic N) is 1. The number of hydrogen-bond donors (Lipinski definition) is 1. The highest BCUT2D eigenvalue weighted by Crippen LogP contribution is 2.22. The van der Waals surface area contributed by atoms with Gasteiger partial charge in [-0.1, -0.05) is 32.9 Å². The van der Waals surface area contributed by atoms with Gasteiger partial charge in [-0.2, -0.15) is 0 Å². The van der Waals surface area contributed by atoms with E-state index in [0.29, 0.717) is 17.3 Å². The summed E-state index contributed by atoms with van der Waals surface area (Å²) in [5.74, 6) is 0.471. The summed E-state index contributed by atoms with van der Waals surface area (Å²) in [4.78, 5) is 13.4. The third-order valence-corrected chi connectivity index (χ3v) is 2.72. The minimum atomic E-state index is -0.00844. The summed E-state index contributed by atoms with van der Waals surface area (Å²) < 4.78 is 0. The summed E-state index contributed by atoms with van der Waals surface area (Å²) in [6.45, 7) is 9.50. The van der Waals surface area contributed by atoms with Crippen molar-refractivity contribution in [1.82, 2.24) is 4.90 Å². The Morgan fingerprint density at radius 3 is 2.76 bits per heavy atom. The highest BCUT2D eigenvalue weighted by molar-refractivity contribution is 5.93. The Balaban J connectivity index is 3.02. The molecule has 0 aliphatic carbocycles. The van der Waals surface area contributed by atoms with Crippen molar-refractivity contribution in [3.05, 3.63) is 48.2 Å². The van der Waals surface area contributed by atoms with Crippen LogP contribution in [0, 0.1) is 5.92 Å². The van der Waals surface area contributed by atoms with Gasteiger partial charge in [0.05, 0.1) is 5.70 Å². The topological polar surface area (TPSA) is 40.5 Å². The first-order valence-electron chi connectivity index (χ1n) is 5.75. The molecule has 1 heterocycles. The third kappa shape index (κ3) is 3.34. The predicted molar refractivity (Wildman–Crippen MR) is 69.0 cm³/mol. The SMILES string of the molecule is C=C1C=C(O)C=CN1/C(=C\C(C)CC)C(C)=O. The van der Waals surface area contributed by atoms with E-state index in [4.69, 9.17) is 0 Å². The molecule has 0 saturated heterocycles. The number of Topliss-reactive ketones (excluding diaryl/α,β-unsaturated/α-hetero) is 1. The second-order valence-electron chi connectivity index (χ2n) is 4.24. The van der Waals surface area contributed by atoms with Gasteiger partial charge in [-0.3, -0.25) is 4.79 Å². The fourth-order valence-corrected chi connectivity index (χ4v) is 1.52. The molecule has 3 nitrogen and oxygen atoms in total. The molecule has 1 N–H and O–H groups in total. The first-order chi connectivity index (χ1) is 7.95. The van der Waals surface area contributed by atoms with Gasteiger partial charge in [-0.25, -0.2) is 0 Å². The van der Waals surface area contributed by atoms with Gasteiger partial charge in [-0.15, -0.1) is 0 Å². The molecule has 1 atom stereocenters. The lowest BCUT2D eigenvalue weighted by Crippen LogP contribution is -2.22. The standard InChI is InChI=1S/C14H19NO2/c1-5-10(2)8-14(12(4)16)15-7-6-13(17)9-11(15)3/h6-10,17H,3,5H2,1-2,4H3/b14-8-. The molecule has 0 saturated carbocycles. The Morgan fingerprint density at radius 1 is 1.65 bits per heavy atom. The normalized spacial score (nSPS) is 18.1. The van der Waals surface area contributed by atoms with E-state index in [2.05, 4.69) is 20.4 Å². The summed E-state index contributed by atoms with van der Waals surface area (Å²) in [7, 11) is 0. The zero-order chi connectivity index (χ0) is 13.0. The van der Waals surface area contributed by atoms with E-state index in [9.17, 15) is 9.90 Å². The second-order valence-corrected chi connectivity index (χ2v) is 4.24. The van der Waals surface area contributed by atoms with Crippen LogP contribution in [0.1, 0.15) is 27.2 Å². The molecule has 0 bridgehead atoms. The molecule has 1 unspecified atom stereocenters. The maximum atomic E-state index is 11.7. The number of hydrogen-bond acceptors (Lipinski definition) is 3. The fourth-order valence-electron chi connectivity index (χ4n) is 1.52. The van der Waals surface area contributed by atoms with Crippen LogP contribution in [0.15, 0.2) is 48.2 Å². The average molecular weight is 233 g/mol. The highest BCUT2D eigenvalue weighted by Gasteiger charge is 2.17. The van der Waals surface area contributed by atoms with Crippen LogP contribution in [0.5, 0.6) is 0 Å². The van der Waals surface area contributed by atoms with E-state index < -0.39 is 0 Å². The van der Waals surface area contributed by atoms with Gasteiger partial charge >= 0.3 is 0 Å². The van der Waals surface area contributed by atoms with Gasteiger partial charge in [0.1, 0.15) is 5.76 Å². The third-order valence-electron chi connectivity index (χ3n) is 2.72. The summed E-state index contributed by atoms with van der Waals surface area (Å²) in [5.41, 5.74) is 1.19. The van der Waals surface area contributed by atoms with E-state index in [1.54, 1.807) is 17.2 Å². The van der Waals surface area contributed by atoms with E-state index in [-0.39, 0.29) is 11.5 Å². The van der Waals surface area contributed by atoms with Crippen molar-refractivity contribution < 1.29 is 9.90 Å². The lowest BCUT2D eigenvalue weighted by atomic mass is 10.1. The van der Waals surface area contributed by atoms with E-state index in [0.717, 1.165) is 6.42 Å². The molecule has 0 radical (unpaired) electrons. The minimum absolute atomic E-state index is 0.00844. The first kappa shape index (κ1) is 13.3. The number of rotatable bonds is 4. The van der Waals surface area contributed by atoms with Gasteiger partial charge in [0.15, 0.2) is 5.78 Å². The summed E-state index contributed by atoms with van der Waals surface area (Å²) in [6.07, 6.45) is 7.65. The molecule has 92 valence electrons. The van der Waals surface area contributed by atoms with Crippen LogP contribution < -0.4 is 0 Å². The van der Waals surface area contributed by atoms with Crippen molar-refractivity contribution >= 4 is 5.78 Å². The van der Waals surface area contributed by atoms with Crippen molar-refractivity contribution in [2.24, 2.45) is 5.92 Å². The molecule has 0 fully saturated rings. The Labute approximate surface area is 102 Å². The molecular formula is C14H19NO2. The molecule has 0 aromatic heterocycles. The summed E-state index contributed by atoms with van der Waals surface area (Å²) in [5, 5.41) is 9.33. The summed E-state index contributed by atoms with van der Waals surface area (Å²) >= 11 is 0. The van der Waals surface area contributed by atoms with Crippen LogP contribution in [-0.2, 0) is 4.79 Å². The second kappa shape index (κ2) is 5.53. The van der Waals surface area contributed by atoms with Crippen LogP contribution in [0.3, 0.4) is 0 Å². The smallest absolute Gasteiger partial charge is 0.176 e. The zero-order valence-electron chi connectivity index (χ0n) is 10.6. The Morgan fingerprint density at radius 2 is 2.29 bits per heavy atom. The van der Waals surface area contributed by atoms with Crippen molar-refractivity contribution in [3.63, 3.8) is 0 Å². The summed E-state index contributed by atoms with van der Waals surface area (Å²) in [6, 6.07) is 0. The average Bonchev–Trinajstić information content (AvgIpc) is 2.26. The Hall–Kier alpha value is -1.77. The Bertz CT molecular complexity index is 416. The molecule has 17 heavy (non-hydrogen) atoms. The lowest BCUT2D eigenvalue weighted by Gasteiger charge is -2.25. The van der Waals surface area contributed by atoms with Crippen molar-refractivity contribution in [3.8, 4) is 0 Å². The van der Waals surface area contributed by atoms with Crippen LogP contribution in [-0.4, -0.2) is 15.8 Å².